The Kier molecular flexibility index (Phi) is 4.31. The largest absolute Gasteiger partial charge is 0.405 e. The smallest absolute Gasteiger partial charge is 0.290 e. The Balaban J connectivity index is 2.70. The lowest BCUT2D eigenvalue weighted by Crippen LogP contribution is -2.59. The fourth-order valence-corrected chi connectivity index (χ4v) is 2.08. The minimum absolute atomic E-state index is 0.0298. The van der Waals surface area contributed by atoms with Crippen molar-refractivity contribution in [3.05, 3.63) is 0 Å². The van der Waals surface area contributed by atoms with Crippen LogP contribution in [0.3, 0.4) is 0 Å². The first-order valence-corrected chi connectivity index (χ1v) is 5.60. The van der Waals surface area contributed by atoms with Gasteiger partial charge in [0, 0.05) is 25.0 Å². The molecule has 0 saturated carbocycles. The maximum atomic E-state index is 12.7. The number of nitrogens with zero attached hydrogens (tertiary/aromatic N) is 2. The highest BCUT2D eigenvalue weighted by Crippen LogP contribution is 2.28. The molecule has 15 heavy (non-hydrogen) atoms. The fourth-order valence-electron chi connectivity index (χ4n) is 1.87. The highest BCUT2D eigenvalue weighted by atomic mass is 32.1. The van der Waals surface area contributed by atoms with Crippen LogP contribution in [0.15, 0.2) is 0 Å². The van der Waals surface area contributed by atoms with Crippen LogP contribution in [-0.4, -0.2) is 53.6 Å². The second kappa shape index (κ2) is 4.93. The topological polar surface area (TPSA) is 6.48 Å². The van der Waals surface area contributed by atoms with Crippen LogP contribution in [-0.2, 0) is 0 Å². The summed E-state index contributed by atoms with van der Waals surface area (Å²) in [6.45, 7) is 5.16. The van der Waals surface area contributed by atoms with Gasteiger partial charge in [-0.2, -0.15) is 25.8 Å². The monoisotopic (exact) mass is 242 g/mol. The van der Waals surface area contributed by atoms with Crippen molar-refractivity contribution in [1.29, 1.82) is 0 Å². The van der Waals surface area contributed by atoms with Crippen LogP contribution in [0.25, 0.3) is 0 Å². The molecule has 0 aliphatic carbocycles. The van der Waals surface area contributed by atoms with E-state index in [-0.39, 0.29) is 11.9 Å². The second-order valence-electron chi connectivity index (χ2n) is 3.81. The molecule has 0 aromatic carbocycles. The molecule has 2 atom stereocenters. The molecular weight excluding hydrogens is 225 g/mol. The van der Waals surface area contributed by atoms with Gasteiger partial charge in [0.2, 0.25) is 0 Å². The number of hydrogen-bond acceptors (Lipinski definition) is 3. The number of thiol groups is 1. The van der Waals surface area contributed by atoms with Crippen molar-refractivity contribution in [2.75, 3.05) is 26.2 Å². The minimum atomic E-state index is -4.14. The van der Waals surface area contributed by atoms with Crippen LogP contribution in [0, 0.1) is 0 Å². The van der Waals surface area contributed by atoms with Crippen molar-refractivity contribution in [1.82, 2.24) is 9.80 Å². The van der Waals surface area contributed by atoms with Crippen molar-refractivity contribution in [3.63, 3.8) is 0 Å². The average Bonchev–Trinajstić information content (AvgIpc) is 2.15. The Morgan fingerprint density at radius 2 is 2.00 bits per heavy atom. The van der Waals surface area contributed by atoms with Gasteiger partial charge < -0.3 is 0 Å². The number of piperazine rings is 1. The summed E-state index contributed by atoms with van der Waals surface area (Å²) in [6.07, 6.45) is -4.14. The van der Waals surface area contributed by atoms with Gasteiger partial charge in [0.05, 0.1) is 0 Å². The molecule has 2 nitrogen and oxygen atoms in total. The fraction of sp³-hybridized carbons (Fsp3) is 1.00. The van der Waals surface area contributed by atoms with E-state index in [0.29, 0.717) is 19.6 Å². The van der Waals surface area contributed by atoms with E-state index in [9.17, 15) is 13.2 Å². The highest BCUT2D eigenvalue weighted by Gasteiger charge is 2.46. The molecule has 2 unspecified atom stereocenters. The SMILES string of the molecule is CCN1CCN(C(C)S)CC1C(F)(F)F. The van der Waals surface area contributed by atoms with E-state index in [4.69, 9.17) is 0 Å². The zero-order valence-electron chi connectivity index (χ0n) is 8.96. The van der Waals surface area contributed by atoms with Gasteiger partial charge in [-0.3, -0.25) is 9.80 Å². The number of hydrogen-bond donors (Lipinski definition) is 1. The van der Waals surface area contributed by atoms with Gasteiger partial charge in [-0.15, -0.1) is 0 Å². The summed E-state index contributed by atoms with van der Waals surface area (Å²) in [5.74, 6) is 0. The van der Waals surface area contributed by atoms with Gasteiger partial charge in [-0.05, 0) is 13.5 Å². The van der Waals surface area contributed by atoms with Gasteiger partial charge in [0.15, 0.2) is 0 Å². The number of halogens is 3. The van der Waals surface area contributed by atoms with Gasteiger partial charge in [0.1, 0.15) is 6.04 Å². The molecule has 90 valence electrons. The van der Waals surface area contributed by atoms with Crippen molar-refractivity contribution in [2.45, 2.75) is 31.4 Å². The first-order chi connectivity index (χ1) is 6.86. The summed E-state index contributed by atoms with van der Waals surface area (Å²) in [5, 5.41) is -0.117. The van der Waals surface area contributed by atoms with Crippen LogP contribution in [0.4, 0.5) is 13.2 Å². The maximum absolute atomic E-state index is 12.7. The van der Waals surface area contributed by atoms with Crippen LogP contribution in [0.1, 0.15) is 13.8 Å². The predicted molar refractivity (Wildman–Crippen MR) is 57.1 cm³/mol. The number of rotatable bonds is 2. The van der Waals surface area contributed by atoms with E-state index >= 15 is 0 Å². The molecule has 1 heterocycles. The minimum Gasteiger partial charge on any atom is -0.290 e. The Morgan fingerprint density at radius 1 is 1.40 bits per heavy atom. The molecule has 1 aliphatic heterocycles. The van der Waals surface area contributed by atoms with Crippen LogP contribution in [0.2, 0.25) is 0 Å². The molecule has 0 radical (unpaired) electrons. The third kappa shape index (κ3) is 3.26. The standard InChI is InChI=1S/C9H17F3N2S/c1-3-13-4-5-14(7(2)15)6-8(13)9(10,11)12/h7-8,15H,3-6H2,1-2H3. The summed E-state index contributed by atoms with van der Waals surface area (Å²) >= 11 is 4.18. The van der Waals surface area contributed by atoms with Gasteiger partial charge >= 0.3 is 6.18 Å². The van der Waals surface area contributed by atoms with E-state index < -0.39 is 12.2 Å². The Morgan fingerprint density at radius 3 is 2.40 bits per heavy atom. The molecule has 0 bridgehead atoms. The third-order valence-corrected chi connectivity index (χ3v) is 3.16. The van der Waals surface area contributed by atoms with Crippen molar-refractivity contribution >= 4 is 12.6 Å². The molecule has 0 amide bonds. The zero-order valence-corrected chi connectivity index (χ0v) is 9.85. The van der Waals surface area contributed by atoms with Crippen LogP contribution >= 0.6 is 12.6 Å². The third-order valence-electron chi connectivity index (χ3n) is 2.84. The molecule has 1 aliphatic rings. The summed E-state index contributed by atoms with van der Waals surface area (Å²) in [7, 11) is 0. The summed E-state index contributed by atoms with van der Waals surface area (Å²) in [4.78, 5) is 3.24. The molecule has 6 heteroatoms. The molecule has 1 fully saturated rings. The lowest BCUT2D eigenvalue weighted by Gasteiger charge is -2.42. The Hall–Kier alpha value is 0.0600. The maximum Gasteiger partial charge on any atom is 0.405 e. The van der Waals surface area contributed by atoms with Crippen molar-refractivity contribution in [2.24, 2.45) is 0 Å². The van der Waals surface area contributed by atoms with E-state index in [1.165, 1.54) is 4.90 Å². The quantitative estimate of drug-likeness (QED) is 0.738. The molecule has 0 aromatic rings. The van der Waals surface area contributed by atoms with Crippen molar-refractivity contribution in [3.8, 4) is 0 Å². The van der Waals surface area contributed by atoms with Gasteiger partial charge in [0.25, 0.3) is 0 Å². The normalized spacial score (nSPS) is 28.0. The molecular formula is C9H17F3N2S. The zero-order chi connectivity index (χ0) is 11.6. The van der Waals surface area contributed by atoms with Crippen molar-refractivity contribution < 1.29 is 13.2 Å². The average molecular weight is 242 g/mol. The molecule has 0 aromatic heterocycles. The summed E-state index contributed by atoms with van der Waals surface area (Å²) in [6, 6.07) is -1.34. The van der Waals surface area contributed by atoms with E-state index in [0.717, 1.165) is 0 Å². The van der Waals surface area contributed by atoms with Gasteiger partial charge in [-0.1, -0.05) is 6.92 Å². The molecule has 1 saturated heterocycles. The van der Waals surface area contributed by atoms with Crippen LogP contribution in [0.5, 0.6) is 0 Å². The molecule has 0 spiro atoms. The lowest BCUT2D eigenvalue weighted by molar-refractivity contribution is -0.196. The van der Waals surface area contributed by atoms with E-state index in [1.807, 2.05) is 0 Å². The Labute approximate surface area is 93.8 Å². The summed E-state index contributed by atoms with van der Waals surface area (Å²) < 4.78 is 38.2. The second-order valence-corrected chi connectivity index (χ2v) is 4.56. The molecule has 1 rings (SSSR count). The lowest BCUT2D eigenvalue weighted by atomic mass is 10.1. The van der Waals surface area contributed by atoms with Gasteiger partial charge in [-0.25, -0.2) is 0 Å². The first kappa shape index (κ1) is 13.1. The first-order valence-electron chi connectivity index (χ1n) is 5.09. The number of alkyl halides is 3. The van der Waals surface area contributed by atoms with E-state index in [2.05, 4.69) is 12.6 Å². The van der Waals surface area contributed by atoms with E-state index in [1.54, 1.807) is 18.7 Å². The number of likely N-dealkylation sites (N-methyl/N-ethyl adjacent to an activating group) is 1. The predicted octanol–water partition coefficient (Wildman–Crippen LogP) is 1.83. The molecule has 0 N–H and O–H groups in total. The van der Waals surface area contributed by atoms with Crippen LogP contribution < -0.4 is 0 Å². The summed E-state index contributed by atoms with van der Waals surface area (Å²) in [5.41, 5.74) is 0. The Bertz CT molecular complexity index is 208. The highest BCUT2D eigenvalue weighted by molar-refractivity contribution is 7.80.